The Morgan fingerprint density at radius 3 is 2.79 bits per heavy atom. The van der Waals surface area contributed by atoms with Crippen molar-refractivity contribution in [2.24, 2.45) is 0 Å². The van der Waals surface area contributed by atoms with E-state index in [-0.39, 0.29) is 16.8 Å². The predicted octanol–water partition coefficient (Wildman–Crippen LogP) is 2.80. The van der Waals surface area contributed by atoms with Crippen LogP contribution in [-0.4, -0.2) is 31.3 Å². The Labute approximate surface area is 166 Å². The van der Waals surface area contributed by atoms with E-state index in [0.29, 0.717) is 41.7 Å². The fourth-order valence-corrected chi connectivity index (χ4v) is 3.94. The van der Waals surface area contributed by atoms with Crippen molar-refractivity contribution in [3.05, 3.63) is 70.3 Å². The van der Waals surface area contributed by atoms with Crippen molar-refractivity contribution >= 4 is 12.0 Å². The van der Waals surface area contributed by atoms with Crippen LogP contribution < -0.4 is 10.9 Å². The quantitative estimate of drug-likeness (QED) is 0.721. The molecule has 5 rings (SSSR count). The fraction of sp³-hybridized carbons (Fsp3) is 0.286. The number of pyridine rings is 1. The molecule has 3 aromatic heterocycles. The van der Waals surface area contributed by atoms with Gasteiger partial charge in [-0.3, -0.25) is 14.3 Å². The van der Waals surface area contributed by atoms with Crippen molar-refractivity contribution < 1.29 is 4.39 Å². The average Bonchev–Trinajstić information content (AvgIpc) is 3.18. The summed E-state index contributed by atoms with van der Waals surface area (Å²) in [6.45, 7) is 0.541. The van der Waals surface area contributed by atoms with Gasteiger partial charge in [0.25, 0.3) is 5.56 Å². The zero-order valence-corrected chi connectivity index (χ0v) is 15.7. The summed E-state index contributed by atoms with van der Waals surface area (Å²) in [5.74, 6) is 1.02. The molecule has 2 aliphatic rings. The van der Waals surface area contributed by atoms with Crippen LogP contribution in [0.25, 0.3) is 17.6 Å². The zero-order valence-electron chi connectivity index (χ0n) is 15.7. The molecule has 0 saturated heterocycles. The van der Waals surface area contributed by atoms with Gasteiger partial charge < -0.3 is 5.32 Å². The van der Waals surface area contributed by atoms with Gasteiger partial charge in [0, 0.05) is 36.8 Å². The van der Waals surface area contributed by atoms with Gasteiger partial charge in [0.05, 0.1) is 11.4 Å². The van der Waals surface area contributed by atoms with Crippen LogP contribution in [-0.2, 0) is 11.8 Å². The molecule has 1 N–H and O–H groups in total. The molecule has 0 amide bonds. The van der Waals surface area contributed by atoms with E-state index in [1.54, 1.807) is 30.6 Å². The number of nitrogens with one attached hydrogen (secondary N) is 1. The highest BCUT2D eigenvalue weighted by Crippen LogP contribution is 2.43. The van der Waals surface area contributed by atoms with Gasteiger partial charge in [0.1, 0.15) is 23.2 Å². The predicted molar refractivity (Wildman–Crippen MR) is 107 cm³/mol. The van der Waals surface area contributed by atoms with Crippen LogP contribution in [0.5, 0.6) is 0 Å². The number of rotatable bonds is 5. The minimum absolute atomic E-state index is 0.132. The van der Waals surface area contributed by atoms with Crippen molar-refractivity contribution in [1.82, 2.24) is 24.7 Å². The maximum absolute atomic E-state index is 14.2. The monoisotopic (exact) mass is 390 g/mol. The minimum atomic E-state index is -0.311. The summed E-state index contributed by atoms with van der Waals surface area (Å²) >= 11 is 0. The summed E-state index contributed by atoms with van der Waals surface area (Å²) in [6, 6.07) is 8.11. The Hall–Kier alpha value is -3.42. The first-order valence-electron chi connectivity index (χ1n) is 9.63. The first-order chi connectivity index (χ1) is 14.1. The molecule has 0 atom stereocenters. The molecule has 1 saturated carbocycles. The van der Waals surface area contributed by atoms with Gasteiger partial charge in [-0.15, -0.1) is 10.2 Å². The standard InChI is InChI=1S/C21H19FN6O/c22-14-4-1-10-23-20(14)21(8-3-9-21)13-24-17-7-6-15(26-27-17)16-12-19(29)28-11-2-5-18(28)25-16/h1-2,4,6-7,10-12H,3,5,8-9,13H2,(H,24,27). The lowest BCUT2D eigenvalue weighted by Crippen LogP contribution is -2.42. The number of hydrogen-bond donors (Lipinski definition) is 1. The van der Waals surface area contributed by atoms with Crippen LogP contribution in [0.4, 0.5) is 10.2 Å². The third-order valence-corrected chi connectivity index (χ3v) is 5.69. The Bertz CT molecular complexity index is 1150. The lowest BCUT2D eigenvalue weighted by atomic mass is 9.66. The van der Waals surface area contributed by atoms with E-state index in [4.69, 9.17) is 0 Å². The molecular formula is C21H19FN6O. The first-order valence-corrected chi connectivity index (χ1v) is 9.63. The highest BCUT2D eigenvalue weighted by Gasteiger charge is 2.41. The van der Waals surface area contributed by atoms with Gasteiger partial charge in [0.15, 0.2) is 0 Å². The number of nitrogens with zero attached hydrogens (tertiary/aromatic N) is 5. The lowest BCUT2D eigenvalue weighted by molar-refractivity contribution is 0.243. The summed E-state index contributed by atoms with van der Waals surface area (Å²) in [4.78, 5) is 20.9. The Kier molecular flexibility index (Phi) is 4.19. The Morgan fingerprint density at radius 1 is 1.17 bits per heavy atom. The molecule has 29 heavy (non-hydrogen) atoms. The minimum Gasteiger partial charge on any atom is -0.368 e. The van der Waals surface area contributed by atoms with E-state index in [9.17, 15) is 9.18 Å². The van der Waals surface area contributed by atoms with E-state index in [1.165, 1.54) is 16.7 Å². The number of anilines is 1. The number of allylic oxidation sites excluding steroid dienone is 1. The van der Waals surface area contributed by atoms with Crippen LogP contribution in [0.15, 0.2) is 47.4 Å². The van der Waals surface area contributed by atoms with Gasteiger partial charge in [-0.1, -0.05) is 12.5 Å². The van der Waals surface area contributed by atoms with E-state index >= 15 is 0 Å². The zero-order chi connectivity index (χ0) is 19.8. The molecule has 1 aliphatic heterocycles. The number of halogens is 1. The molecule has 0 unspecified atom stereocenters. The van der Waals surface area contributed by atoms with Gasteiger partial charge >= 0.3 is 0 Å². The van der Waals surface area contributed by atoms with Crippen molar-refractivity contribution in [3.8, 4) is 11.4 Å². The molecule has 8 heteroatoms. The molecule has 0 radical (unpaired) electrons. The Balaban J connectivity index is 1.33. The SMILES string of the molecule is O=c1cc(-c2ccc(NCC3(c4ncccc4F)CCC3)nn2)nc2n1C=CC2. The highest BCUT2D eigenvalue weighted by molar-refractivity contribution is 5.55. The summed E-state index contributed by atoms with van der Waals surface area (Å²) in [5.41, 5.74) is 1.12. The molecule has 1 aliphatic carbocycles. The first kappa shape index (κ1) is 17.7. The second-order valence-corrected chi connectivity index (χ2v) is 7.48. The fourth-order valence-electron chi connectivity index (χ4n) is 3.94. The van der Waals surface area contributed by atoms with E-state index in [1.807, 2.05) is 6.08 Å². The Morgan fingerprint density at radius 2 is 2.07 bits per heavy atom. The van der Waals surface area contributed by atoms with Crippen molar-refractivity contribution in [2.45, 2.75) is 31.1 Å². The second kappa shape index (κ2) is 6.88. The summed E-state index contributed by atoms with van der Waals surface area (Å²) in [6.07, 6.45) is 8.71. The lowest BCUT2D eigenvalue weighted by Gasteiger charge is -2.41. The van der Waals surface area contributed by atoms with E-state index in [0.717, 1.165) is 19.3 Å². The maximum atomic E-state index is 14.2. The number of hydrogen-bond acceptors (Lipinski definition) is 6. The van der Waals surface area contributed by atoms with E-state index in [2.05, 4.69) is 25.5 Å². The average molecular weight is 390 g/mol. The molecule has 0 bridgehead atoms. The third-order valence-electron chi connectivity index (χ3n) is 5.69. The van der Waals surface area contributed by atoms with Crippen LogP contribution in [0, 0.1) is 5.82 Å². The molecule has 4 heterocycles. The van der Waals surface area contributed by atoms with Gasteiger partial charge in [0.2, 0.25) is 0 Å². The van der Waals surface area contributed by atoms with Gasteiger partial charge in [-0.05, 0) is 37.1 Å². The molecule has 0 spiro atoms. The highest BCUT2D eigenvalue weighted by atomic mass is 19.1. The molecular weight excluding hydrogens is 371 g/mol. The molecule has 1 fully saturated rings. The van der Waals surface area contributed by atoms with Crippen LogP contribution >= 0.6 is 0 Å². The topological polar surface area (TPSA) is 85.6 Å². The molecule has 0 aromatic carbocycles. The largest absolute Gasteiger partial charge is 0.368 e. The number of aromatic nitrogens is 5. The van der Waals surface area contributed by atoms with E-state index < -0.39 is 0 Å². The maximum Gasteiger partial charge on any atom is 0.258 e. The summed E-state index contributed by atoms with van der Waals surface area (Å²) in [7, 11) is 0. The van der Waals surface area contributed by atoms with Crippen molar-refractivity contribution in [1.29, 1.82) is 0 Å². The van der Waals surface area contributed by atoms with Gasteiger partial charge in [-0.25, -0.2) is 9.37 Å². The summed E-state index contributed by atoms with van der Waals surface area (Å²) in [5, 5.41) is 11.7. The molecule has 7 nitrogen and oxygen atoms in total. The van der Waals surface area contributed by atoms with Crippen molar-refractivity contribution in [2.75, 3.05) is 11.9 Å². The summed E-state index contributed by atoms with van der Waals surface area (Å²) < 4.78 is 15.8. The van der Waals surface area contributed by atoms with Gasteiger partial charge in [-0.2, -0.15) is 0 Å². The van der Waals surface area contributed by atoms with Crippen molar-refractivity contribution in [3.63, 3.8) is 0 Å². The molecule has 3 aromatic rings. The molecule has 146 valence electrons. The normalized spacial score (nSPS) is 16.3. The number of fused-ring (bicyclic) bond motifs is 1. The smallest absolute Gasteiger partial charge is 0.258 e. The van der Waals surface area contributed by atoms with Crippen LogP contribution in [0.3, 0.4) is 0 Å². The van der Waals surface area contributed by atoms with Crippen LogP contribution in [0.2, 0.25) is 0 Å². The van der Waals surface area contributed by atoms with Crippen LogP contribution in [0.1, 0.15) is 30.8 Å². The second-order valence-electron chi connectivity index (χ2n) is 7.48. The third kappa shape index (κ3) is 3.10.